The van der Waals surface area contributed by atoms with Gasteiger partial charge in [0.05, 0.1) is 19.7 Å². The Labute approximate surface area is 214 Å². The van der Waals surface area contributed by atoms with Gasteiger partial charge < -0.3 is 10.1 Å². The lowest BCUT2D eigenvalue weighted by Crippen LogP contribution is -2.14. The van der Waals surface area contributed by atoms with Crippen LogP contribution in [0.5, 0.6) is 5.75 Å². The topological polar surface area (TPSA) is 50.7 Å². The maximum atomic E-state index is 13.2. The Morgan fingerprint density at radius 3 is 2.69 bits per heavy atom. The zero-order chi connectivity index (χ0) is 22.7. The largest absolute Gasteiger partial charge is 0.489 e. The van der Waals surface area contributed by atoms with E-state index >= 15 is 0 Å². The van der Waals surface area contributed by atoms with Gasteiger partial charge in [-0.2, -0.15) is 0 Å². The Kier molecular flexibility index (Phi) is 7.68. The molecule has 2 aromatic carbocycles. The summed E-state index contributed by atoms with van der Waals surface area (Å²) in [6.45, 7) is 4.02. The summed E-state index contributed by atoms with van der Waals surface area (Å²) < 4.78 is 7.82. The third kappa shape index (κ3) is 5.43. The average molecular weight is 623 g/mol. The van der Waals surface area contributed by atoms with E-state index in [4.69, 9.17) is 9.73 Å². The lowest BCUT2D eigenvalue weighted by atomic mass is 9.95. The van der Waals surface area contributed by atoms with Crippen molar-refractivity contribution in [2.24, 2.45) is 4.99 Å². The minimum absolute atomic E-state index is 0.0841. The summed E-state index contributed by atoms with van der Waals surface area (Å²) in [7, 11) is 0. The van der Waals surface area contributed by atoms with E-state index in [1.807, 2.05) is 62.5 Å². The number of benzene rings is 2. The number of aliphatic imine (C=N–C) groups is 1. The maximum Gasteiger partial charge on any atom is 0.259 e. The molecule has 1 amide bonds. The molecule has 166 valence electrons. The molecule has 1 N–H and O–H groups in total. The fraction of sp³-hybridized carbons (Fsp3) is 0.280. The molecular formula is C25H24BrIN2O2S. The van der Waals surface area contributed by atoms with Crippen LogP contribution in [0.2, 0.25) is 0 Å². The predicted octanol–water partition coefficient (Wildman–Crippen LogP) is 7.78. The number of amides is 1. The fourth-order valence-corrected chi connectivity index (χ4v) is 6.68. The third-order valence-electron chi connectivity index (χ3n) is 5.12. The van der Waals surface area contributed by atoms with E-state index in [-0.39, 0.29) is 12.0 Å². The minimum Gasteiger partial charge on any atom is -0.489 e. The second-order valence-electron chi connectivity index (χ2n) is 7.95. The molecule has 4 rings (SSSR count). The van der Waals surface area contributed by atoms with Gasteiger partial charge in [0.15, 0.2) is 0 Å². The Balaban J connectivity index is 1.66. The van der Waals surface area contributed by atoms with Crippen LogP contribution < -0.4 is 10.1 Å². The number of carbonyl (C=O) groups is 1. The highest BCUT2D eigenvalue weighted by Crippen LogP contribution is 2.40. The first-order valence-electron chi connectivity index (χ1n) is 10.6. The van der Waals surface area contributed by atoms with Crippen LogP contribution in [-0.2, 0) is 12.8 Å². The summed E-state index contributed by atoms with van der Waals surface area (Å²) in [6, 6.07) is 13.6. The molecule has 4 nitrogen and oxygen atoms in total. The highest BCUT2D eigenvalue weighted by Gasteiger charge is 2.25. The number of aryl methyl sites for hydroxylation is 1. The van der Waals surface area contributed by atoms with Crippen molar-refractivity contribution in [2.75, 3.05) is 5.32 Å². The van der Waals surface area contributed by atoms with Gasteiger partial charge in [0.25, 0.3) is 5.91 Å². The van der Waals surface area contributed by atoms with Crippen LogP contribution in [0.1, 0.15) is 53.1 Å². The Bertz CT molecular complexity index is 1140. The van der Waals surface area contributed by atoms with Gasteiger partial charge in [-0.1, -0.05) is 18.2 Å². The van der Waals surface area contributed by atoms with E-state index in [0.717, 1.165) is 54.9 Å². The molecule has 1 aliphatic rings. The lowest BCUT2D eigenvalue weighted by molar-refractivity contribution is 0.102. The fourth-order valence-electron chi connectivity index (χ4n) is 3.73. The van der Waals surface area contributed by atoms with Crippen molar-refractivity contribution in [3.05, 3.63) is 72.1 Å². The van der Waals surface area contributed by atoms with Gasteiger partial charge in [0.1, 0.15) is 10.8 Å². The Morgan fingerprint density at radius 2 is 1.97 bits per heavy atom. The average Bonchev–Trinajstić information content (AvgIpc) is 3.14. The van der Waals surface area contributed by atoms with Crippen molar-refractivity contribution in [2.45, 2.75) is 45.6 Å². The summed E-state index contributed by atoms with van der Waals surface area (Å²) in [5.74, 6) is 0.756. The number of para-hydroxylation sites is 1. The number of thiophene rings is 1. The van der Waals surface area contributed by atoms with Crippen molar-refractivity contribution < 1.29 is 9.53 Å². The van der Waals surface area contributed by atoms with Gasteiger partial charge >= 0.3 is 0 Å². The van der Waals surface area contributed by atoms with E-state index < -0.39 is 0 Å². The van der Waals surface area contributed by atoms with Crippen LogP contribution in [0.3, 0.4) is 0 Å². The van der Waals surface area contributed by atoms with Crippen LogP contribution in [0.4, 0.5) is 10.7 Å². The lowest BCUT2D eigenvalue weighted by Gasteiger charge is -2.14. The summed E-state index contributed by atoms with van der Waals surface area (Å²) in [4.78, 5) is 19.3. The van der Waals surface area contributed by atoms with Crippen molar-refractivity contribution in [3.63, 3.8) is 0 Å². The first kappa shape index (κ1) is 23.4. The van der Waals surface area contributed by atoms with Gasteiger partial charge in [-0.3, -0.25) is 4.79 Å². The first-order chi connectivity index (χ1) is 15.4. The second kappa shape index (κ2) is 10.5. The van der Waals surface area contributed by atoms with Crippen molar-refractivity contribution in [1.29, 1.82) is 0 Å². The Hall–Kier alpha value is -1.71. The molecule has 32 heavy (non-hydrogen) atoms. The number of nitrogens with one attached hydrogen (secondary N) is 1. The van der Waals surface area contributed by atoms with E-state index in [2.05, 4.69) is 43.8 Å². The monoisotopic (exact) mass is 622 g/mol. The summed E-state index contributed by atoms with van der Waals surface area (Å²) in [5.41, 5.74) is 3.64. The SMILES string of the molecule is CC(C)Oc1c(Br)cc(C=Nc2sc3c(c2C(=O)Nc2ccccc2)CCCC3)cc1I. The van der Waals surface area contributed by atoms with Gasteiger partial charge in [0, 0.05) is 16.8 Å². The van der Waals surface area contributed by atoms with Crippen LogP contribution in [0.25, 0.3) is 0 Å². The molecule has 3 aromatic rings. The molecule has 0 saturated heterocycles. The molecule has 1 aliphatic carbocycles. The van der Waals surface area contributed by atoms with Crippen LogP contribution in [-0.4, -0.2) is 18.2 Å². The molecule has 0 unspecified atom stereocenters. The van der Waals surface area contributed by atoms with E-state index in [1.165, 1.54) is 16.9 Å². The molecule has 7 heteroatoms. The third-order valence-corrected chi connectivity index (χ3v) is 7.71. The molecule has 0 saturated carbocycles. The highest BCUT2D eigenvalue weighted by atomic mass is 127. The van der Waals surface area contributed by atoms with Crippen molar-refractivity contribution in [3.8, 4) is 5.75 Å². The first-order valence-corrected chi connectivity index (χ1v) is 13.3. The van der Waals surface area contributed by atoms with E-state index in [1.54, 1.807) is 11.3 Å². The predicted molar refractivity (Wildman–Crippen MR) is 145 cm³/mol. The number of fused-ring (bicyclic) bond motifs is 1. The van der Waals surface area contributed by atoms with Gasteiger partial charge in [-0.25, -0.2) is 4.99 Å². The standard InChI is InChI=1S/C25H24BrIN2O2S/c1-15(2)31-23-19(26)12-16(13-20(23)27)14-28-25-22(18-10-6-7-11-21(18)32-25)24(30)29-17-8-4-3-5-9-17/h3-5,8-9,12-15H,6-7,10-11H2,1-2H3,(H,29,30). The number of halogens is 2. The number of hydrogen-bond acceptors (Lipinski definition) is 4. The van der Waals surface area contributed by atoms with Crippen LogP contribution in [0.15, 0.2) is 51.9 Å². The summed E-state index contributed by atoms with van der Waals surface area (Å²) in [6.07, 6.45) is 6.17. The number of rotatable bonds is 6. The molecule has 1 aromatic heterocycles. The van der Waals surface area contributed by atoms with Crippen LogP contribution >= 0.6 is 49.9 Å². The van der Waals surface area contributed by atoms with Crippen molar-refractivity contribution in [1.82, 2.24) is 0 Å². The molecule has 0 spiro atoms. The molecule has 1 heterocycles. The summed E-state index contributed by atoms with van der Waals surface area (Å²) in [5, 5.41) is 3.82. The zero-order valence-electron chi connectivity index (χ0n) is 18.0. The highest BCUT2D eigenvalue weighted by molar-refractivity contribution is 14.1. The van der Waals surface area contributed by atoms with Gasteiger partial charge in [-0.05, 0) is 113 Å². The number of nitrogens with zero attached hydrogens (tertiary/aromatic N) is 1. The van der Waals surface area contributed by atoms with E-state index in [9.17, 15) is 4.79 Å². The van der Waals surface area contributed by atoms with Crippen LogP contribution in [0, 0.1) is 3.57 Å². The smallest absolute Gasteiger partial charge is 0.259 e. The molecule has 0 atom stereocenters. The number of carbonyl (C=O) groups excluding carboxylic acids is 1. The Morgan fingerprint density at radius 1 is 1.22 bits per heavy atom. The normalized spacial score (nSPS) is 13.4. The van der Waals surface area contributed by atoms with Gasteiger partial charge in [-0.15, -0.1) is 11.3 Å². The molecule has 0 bridgehead atoms. The molecular weight excluding hydrogens is 599 g/mol. The maximum absolute atomic E-state index is 13.2. The quantitative estimate of drug-likeness (QED) is 0.225. The number of hydrogen-bond donors (Lipinski definition) is 1. The summed E-state index contributed by atoms with van der Waals surface area (Å²) >= 11 is 7.54. The number of anilines is 1. The van der Waals surface area contributed by atoms with E-state index in [0.29, 0.717) is 0 Å². The molecule has 0 fully saturated rings. The molecule has 0 aliphatic heterocycles. The zero-order valence-corrected chi connectivity index (χ0v) is 22.5. The number of ether oxygens (including phenoxy) is 1. The minimum atomic E-state index is -0.0841. The van der Waals surface area contributed by atoms with Crippen molar-refractivity contribution >= 4 is 72.7 Å². The van der Waals surface area contributed by atoms with Gasteiger partial charge in [0.2, 0.25) is 0 Å². The second-order valence-corrected chi connectivity index (χ2v) is 11.0. The molecule has 0 radical (unpaired) electrons.